The van der Waals surface area contributed by atoms with Gasteiger partial charge >= 0.3 is 0 Å². The summed E-state index contributed by atoms with van der Waals surface area (Å²) in [4.78, 5) is 2.05. The zero-order valence-corrected chi connectivity index (χ0v) is 8.20. The van der Waals surface area contributed by atoms with Crippen LogP contribution >= 0.6 is 0 Å². The van der Waals surface area contributed by atoms with Gasteiger partial charge in [-0.15, -0.1) is 0 Å². The first-order valence-corrected chi connectivity index (χ1v) is 4.85. The topological polar surface area (TPSA) is 23.5 Å². The molecule has 1 N–H and O–H groups in total. The van der Waals surface area contributed by atoms with Crippen molar-refractivity contribution in [2.45, 2.75) is 18.9 Å². The Kier molecular flexibility index (Phi) is 2.42. The molecular weight excluding hydrogens is 181 g/mol. The highest BCUT2D eigenvalue weighted by Crippen LogP contribution is 2.33. The Hall–Kier alpha value is -1.09. The lowest BCUT2D eigenvalue weighted by Crippen LogP contribution is -2.28. The third-order valence-electron chi connectivity index (χ3n) is 2.92. The lowest BCUT2D eigenvalue weighted by atomic mass is 10.1. The molecule has 0 amide bonds. The maximum atomic E-state index is 13.4. The van der Waals surface area contributed by atoms with Gasteiger partial charge in [0.15, 0.2) is 0 Å². The first-order valence-electron chi connectivity index (χ1n) is 4.85. The lowest BCUT2D eigenvalue weighted by Gasteiger charge is -2.21. The molecule has 0 aliphatic carbocycles. The number of rotatable bonds is 2. The highest BCUT2D eigenvalue weighted by molar-refractivity contribution is 5.59. The van der Waals surface area contributed by atoms with Crippen LogP contribution in [0.4, 0.5) is 10.1 Å². The maximum Gasteiger partial charge on any atom is 0.128 e. The Bertz CT molecular complexity index is 340. The molecule has 1 heterocycles. The summed E-state index contributed by atoms with van der Waals surface area (Å²) in [7, 11) is 1.95. The number of hydrogen-bond donors (Lipinski definition) is 1. The third kappa shape index (κ3) is 1.38. The zero-order valence-electron chi connectivity index (χ0n) is 8.20. The fraction of sp³-hybridized carbons (Fsp3) is 0.455. The average molecular weight is 195 g/mol. The van der Waals surface area contributed by atoms with Crippen LogP contribution in [0.1, 0.15) is 12.0 Å². The van der Waals surface area contributed by atoms with Crippen molar-refractivity contribution in [2.75, 3.05) is 18.6 Å². The minimum Gasteiger partial charge on any atom is -0.396 e. The number of aliphatic hydroxyl groups excluding tert-OH is 1. The van der Waals surface area contributed by atoms with E-state index in [0.717, 1.165) is 11.3 Å². The predicted octanol–water partition coefficient (Wildman–Crippen LogP) is 1.57. The monoisotopic (exact) mass is 195 g/mol. The molecule has 3 heteroatoms. The van der Waals surface area contributed by atoms with E-state index in [1.807, 2.05) is 13.1 Å². The van der Waals surface area contributed by atoms with Gasteiger partial charge in [0.05, 0.1) is 0 Å². The molecule has 0 saturated carbocycles. The molecular formula is C11H14FNO. The van der Waals surface area contributed by atoms with E-state index in [-0.39, 0.29) is 18.5 Å². The molecule has 1 aliphatic heterocycles. The molecule has 1 unspecified atom stereocenters. The van der Waals surface area contributed by atoms with Crippen LogP contribution in [0.5, 0.6) is 0 Å². The summed E-state index contributed by atoms with van der Waals surface area (Å²) in [6.07, 6.45) is 1.41. The van der Waals surface area contributed by atoms with Gasteiger partial charge in [-0.3, -0.25) is 0 Å². The Morgan fingerprint density at radius 3 is 3.00 bits per heavy atom. The summed E-state index contributed by atoms with van der Waals surface area (Å²) in [5, 5.41) is 8.87. The third-order valence-corrected chi connectivity index (χ3v) is 2.92. The van der Waals surface area contributed by atoms with Crippen LogP contribution < -0.4 is 4.90 Å². The van der Waals surface area contributed by atoms with Crippen molar-refractivity contribution in [3.63, 3.8) is 0 Å². The summed E-state index contributed by atoms with van der Waals surface area (Å²) in [6.45, 7) is 0.157. The minimum atomic E-state index is -0.130. The number of benzene rings is 1. The molecule has 1 aromatic rings. The Balaban J connectivity index is 2.30. The summed E-state index contributed by atoms with van der Waals surface area (Å²) in [5.41, 5.74) is 1.75. The molecule has 0 saturated heterocycles. The number of nitrogens with zero attached hydrogens (tertiary/aromatic N) is 1. The molecule has 2 rings (SSSR count). The van der Waals surface area contributed by atoms with Gasteiger partial charge in [-0.1, -0.05) is 6.07 Å². The van der Waals surface area contributed by atoms with E-state index in [9.17, 15) is 4.39 Å². The molecule has 2 nitrogen and oxygen atoms in total. The molecule has 0 fully saturated rings. The number of hydrogen-bond acceptors (Lipinski definition) is 2. The Morgan fingerprint density at radius 2 is 2.36 bits per heavy atom. The summed E-state index contributed by atoms with van der Waals surface area (Å²) < 4.78 is 13.4. The fourth-order valence-electron chi connectivity index (χ4n) is 2.09. The highest BCUT2D eigenvalue weighted by atomic mass is 19.1. The Morgan fingerprint density at radius 1 is 1.57 bits per heavy atom. The van der Waals surface area contributed by atoms with Crippen LogP contribution in [-0.4, -0.2) is 24.8 Å². The molecule has 0 spiro atoms. The number of likely N-dealkylation sites (N-methyl/N-ethyl adjacent to an activating group) is 1. The quantitative estimate of drug-likeness (QED) is 0.774. The van der Waals surface area contributed by atoms with E-state index in [0.29, 0.717) is 12.8 Å². The van der Waals surface area contributed by atoms with Crippen molar-refractivity contribution in [1.82, 2.24) is 0 Å². The van der Waals surface area contributed by atoms with Crippen LogP contribution in [0.2, 0.25) is 0 Å². The van der Waals surface area contributed by atoms with Gasteiger partial charge < -0.3 is 10.0 Å². The minimum absolute atomic E-state index is 0.130. The number of fused-ring (bicyclic) bond motifs is 1. The van der Waals surface area contributed by atoms with Gasteiger partial charge in [-0.2, -0.15) is 0 Å². The lowest BCUT2D eigenvalue weighted by molar-refractivity contribution is 0.275. The first kappa shape index (κ1) is 9.46. The zero-order chi connectivity index (χ0) is 10.1. The molecule has 76 valence electrons. The molecule has 0 bridgehead atoms. The second kappa shape index (κ2) is 3.58. The smallest absolute Gasteiger partial charge is 0.128 e. The maximum absolute atomic E-state index is 13.4. The standard InChI is InChI=1S/C11H14FNO/c1-13-8(5-6-14)7-9-10(12)3-2-4-11(9)13/h2-4,8,14H,5-7H2,1H3. The average Bonchev–Trinajstić information content (AvgIpc) is 2.48. The normalized spacial score (nSPS) is 19.9. The molecule has 1 aromatic carbocycles. The van der Waals surface area contributed by atoms with Crippen molar-refractivity contribution in [3.8, 4) is 0 Å². The number of aliphatic hydroxyl groups is 1. The molecule has 0 radical (unpaired) electrons. The van der Waals surface area contributed by atoms with E-state index in [4.69, 9.17) is 5.11 Å². The summed E-state index contributed by atoms with van der Waals surface area (Å²) >= 11 is 0. The van der Waals surface area contributed by atoms with Crippen molar-refractivity contribution >= 4 is 5.69 Å². The summed E-state index contributed by atoms with van der Waals surface area (Å²) in [5.74, 6) is -0.130. The van der Waals surface area contributed by atoms with E-state index in [1.54, 1.807) is 6.07 Å². The second-order valence-corrected chi connectivity index (χ2v) is 3.72. The molecule has 14 heavy (non-hydrogen) atoms. The van der Waals surface area contributed by atoms with Gasteiger partial charge in [0.25, 0.3) is 0 Å². The van der Waals surface area contributed by atoms with E-state index < -0.39 is 0 Å². The summed E-state index contributed by atoms with van der Waals surface area (Å²) in [6, 6.07) is 5.39. The number of anilines is 1. The molecule has 1 aliphatic rings. The van der Waals surface area contributed by atoms with Gasteiger partial charge in [0.2, 0.25) is 0 Å². The molecule has 1 atom stereocenters. The van der Waals surface area contributed by atoms with Crippen LogP contribution in [0.15, 0.2) is 18.2 Å². The van der Waals surface area contributed by atoms with E-state index in [1.165, 1.54) is 6.07 Å². The van der Waals surface area contributed by atoms with Gasteiger partial charge in [-0.05, 0) is 25.0 Å². The highest BCUT2D eigenvalue weighted by Gasteiger charge is 2.27. The van der Waals surface area contributed by atoms with Gasteiger partial charge in [0.1, 0.15) is 5.82 Å². The van der Waals surface area contributed by atoms with Crippen molar-refractivity contribution < 1.29 is 9.50 Å². The predicted molar refractivity (Wildman–Crippen MR) is 54.0 cm³/mol. The SMILES string of the molecule is CN1c2cccc(F)c2CC1CCO. The second-order valence-electron chi connectivity index (χ2n) is 3.72. The van der Waals surface area contributed by atoms with Crippen LogP contribution in [-0.2, 0) is 6.42 Å². The van der Waals surface area contributed by atoms with Crippen LogP contribution in [0.3, 0.4) is 0 Å². The largest absolute Gasteiger partial charge is 0.396 e. The number of halogens is 1. The van der Waals surface area contributed by atoms with Crippen molar-refractivity contribution in [1.29, 1.82) is 0 Å². The van der Waals surface area contributed by atoms with Crippen LogP contribution in [0, 0.1) is 5.82 Å². The first-order chi connectivity index (χ1) is 6.74. The van der Waals surface area contributed by atoms with Crippen molar-refractivity contribution in [2.24, 2.45) is 0 Å². The fourth-order valence-corrected chi connectivity index (χ4v) is 2.09. The van der Waals surface area contributed by atoms with Crippen molar-refractivity contribution in [3.05, 3.63) is 29.6 Å². The van der Waals surface area contributed by atoms with E-state index in [2.05, 4.69) is 4.90 Å². The van der Waals surface area contributed by atoms with Crippen LogP contribution in [0.25, 0.3) is 0 Å². The van der Waals surface area contributed by atoms with Gasteiger partial charge in [-0.25, -0.2) is 4.39 Å². The van der Waals surface area contributed by atoms with E-state index >= 15 is 0 Å². The van der Waals surface area contributed by atoms with Gasteiger partial charge in [0, 0.05) is 30.9 Å². The Labute approximate surface area is 83.0 Å². The molecule has 0 aromatic heterocycles.